The van der Waals surface area contributed by atoms with E-state index in [0.717, 1.165) is 22.3 Å². The van der Waals surface area contributed by atoms with Crippen molar-refractivity contribution in [3.63, 3.8) is 0 Å². The minimum atomic E-state index is -4.37. The molecular weight excluding hydrogens is 533 g/mol. The number of rotatable bonds is 8. The number of amides is 1. The molecule has 4 aromatic heterocycles. The van der Waals surface area contributed by atoms with Crippen molar-refractivity contribution in [3.8, 4) is 11.4 Å². The zero-order valence-electron chi connectivity index (χ0n) is 19.7. The second-order valence-corrected chi connectivity index (χ2v) is 10.3. The monoisotopic (exact) mass is 554 g/mol. The molecule has 4 heterocycles. The molecule has 38 heavy (non-hydrogen) atoms. The second kappa shape index (κ2) is 10.9. The summed E-state index contributed by atoms with van der Waals surface area (Å²) >= 11 is 2.82. The van der Waals surface area contributed by atoms with E-state index in [9.17, 15) is 18.0 Å². The first kappa shape index (κ1) is 25.8. The molecule has 0 saturated carbocycles. The number of anilines is 2. The molecule has 0 aliphatic rings. The third-order valence-electron chi connectivity index (χ3n) is 5.62. The van der Waals surface area contributed by atoms with Gasteiger partial charge in [0, 0.05) is 24.3 Å². The van der Waals surface area contributed by atoms with Crippen molar-refractivity contribution in [2.45, 2.75) is 18.6 Å². The predicted octanol–water partition coefficient (Wildman–Crippen LogP) is 6.07. The van der Waals surface area contributed by atoms with Crippen LogP contribution in [0.4, 0.5) is 24.8 Å². The highest BCUT2D eigenvalue weighted by atomic mass is 32.1. The molecule has 1 atom stereocenters. The fraction of sp³-hybridized carbons (Fsp3) is 0.154. The number of carbonyl (C=O) groups excluding carboxylic acids is 1. The van der Waals surface area contributed by atoms with E-state index in [4.69, 9.17) is 10.7 Å². The van der Waals surface area contributed by atoms with Crippen molar-refractivity contribution in [2.75, 3.05) is 17.2 Å². The average Bonchev–Trinajstić information content (AvgIpc) is 3.60. The van der Waals surface area contributed by atoms with E-state index in [1.165, 1.54) is 34.8 Å². The van der Waals surface area contributed by atoms with Crippen LogP contribution in [0.3, 0.4) is 0 Å². The van der Waals surface area contributed by atoms with Gasteiger partial charge in [-0.1, -0.05) is 18.2 Å². The maximum atomic E-state index is 12.8. The third-order valence-corrected chi connectivity index (χ3v) is 7.40. The number of nitrogens with one attached hydrogen (secondary N) is 2. The van der Waals surface area contributed by atoms with Crippen molar-refractivity contribution >= 4 is 50.4 Å². The van der Waals surface area contributed by atoms with Crippen LogP contribution in [0, 0.1) is 0 Å². The van der Waals surface area contributed by atoms with Crippen LogP contribution < -0.4 is 16.4 Å². The molecule has 7 nitrogen and oxygen atoms in total. The number of carbonyl (C=O) groups is 1. The minimum absolute atomic E-state index is 0.247. The lowest BCUT2D eigenvalue weighted by molar-refractivity contribution is -0.137. The van der Waals surface area contributed by atoms with Crippen LogP contribution in [-0.2, 0) is 12.6 Å². The molecule has 0 aliphatic heterocycles. The van der Waals surface area contributed by atoms with Crippen molar-refractivity contribution in [1.29, 1.82) is 0 Å². The topological polar surface area (TPSA) is 106 Å². The van der Waals surface area contributed by atoms with Gasteiger partial charge in [-0.25, -0.2) is 15.0 Å². The Kier molecular flexibility index (Phi) is 7.36. The Bertz CT molecular complexity index is 1550. The molecule has 0 spiro atoms. The number of alkyl halides is 3. The first-order valence-corrected chi connectivity index (χ1v) is 13.2. The van der Waals surface area contributed by atoms with E-state index in [-0.39, 0.29) is 11.9 Å². The summed E-state index contributed by atoms with van der Waals surface area (Å²) < 4.78 is 39.3. The van der Waals surface area contributed by atoms with Gasteiger partial charge in [-0.05, 0) is 59.1 Å². The Morgan fingerprint density at radius 1 is 1.03 bits per heavy atom. The van der Waals surface area contributed by atoms with Crippen LogP contribution >= 0.6 is 22.7 Å². The van der Waals surface area contributed by atoms with E-state index in [2.05, 4.69) is 20.6 Å². The number of hydrogen-bond donors (Lipinski definition) is 3. The number of thiophene rings is 2. The Labute approximate surface area is 223 Å². The molecule has 5 rings (SSSR count). The second-order valence-electron chi connectivity index (χ2n) is 8.43. The largest absolute Gasteiger partial charge is 0.416 e. The van der Waals surface area contributed by atoms with Crippen molar-refractivity contribution in [1.82, 2.24) is 15.0 Å². The third kappa shape index (κ3) is 5.98. The zero-order valence-corrected chi connectivity index (χ0v) is 21.3. The molecular formula is C26H21F3N6OS2. The van der Waals surface area contributed by atoms with E-state index in [0.29, 0.717) is 46.4 Å². The zero-order chi connectivity index (χ0) is 26.7. The SMILES string of the molecule is NC(CNc1nc(-c2ccnc(NC(=O)c3cccs3)c2)nc2ccsc12)Cc1ccc(C(F)(F)F)cc1. The van der Waals surface area contributed by atoms with Gasteiger partial charge in [0.05, 0.1) is 20.7 Å². The first-order chi connectivity index (χ1) is 18.3. The summed E-state index contributed by atoms with van der Waals surface area (Å²) in [6, 6.07) is 13.5. The number of pyridine rings is 1. The molecule has 0 saturated heterocycles. The van der Waals surface area contributed by atoms with Gasteiger partial charge in [-0.3, -0.25) is 4.79 Å². The number of nitrogens with zero attached hydrogens (tertiary/aromatic N) is 3. The maximum absolute atomic E-state index is 12.8. The van der Waals surface area contributed by atoms with Gasteiger partial charge in [-0.2, -0.15) is 13.2 Å². The molecule has 0 radical (unpaired) electrons. The van der Waals surface area contributed by atoms with Crippen molar-refractivity contribution < 1.29 is 18.0 Å². The average molecular weight is 555 g/mol. The lowest BCUT2D eigenvalue weighted by atomic mass is 10.0. The van der Waals surface area contributed by atoms with Crippen LogP contribution in [0.25, 0.3) is 21.6 Å². The quantitative estimate of drug-likeness (QED) is 0.215. The number of benzene rings is 1. The summed E-state index contributed by atoms with van der Waals surface area (Å²) in [5.74, 6) is 1.18. The fourth-order valence-corrected chi connectivity index (χ4v) is 5.18. The summed E-state index contributed by atoms with van der Waals surface area (Å²) in [7, 11) is 0. The van der Waals surface area contributed by atoms with Gasteiger partial charge in [0.1, 0.15) is 11.6 Å². The molecule has 0 aliphatic carbocycles. The normalized spacial score (nSPS) is 12.4. The van der Waals surface area contributed by atoms with Gasteiger partial charge in [0.25, 0.3) is 5.91 Å². The summed E-state index contributed by atoms with van der Waals surface area (Å²) in [4.78, 5) is 26.6. The van der Waals surface area contributed by atoms with Gasteiger partial charge in [-0.15, -0.1) is 22.7 Å². The van der Waals surface area contributed by atoms with Crippen LogP contribution in [0.2, 0.25) is 0 Å². The van der Waals surface area contributed by atoms with Crippen LogP contribution in [0.15, 0.2) is 71.6 Å². The Balaban J connectivity index is 1.31. The number of nitrogens with two attached hydrogens (primary N) is 1. The standard InChI is InChI=1S/C26H21F3N6OS2/c27-26(28,29)17-5-3-15(4-6-17)12-18(30)14-32-24-22-19(8-11-38-22)33-23(35-24)16-7-9-31-21(13-16)34-25(36)20-2-1-10-37-20/h1-11,13,18H,12,14,30H2,(H,31,34,36)(H,32,33,35). The van der Waals surface area contributed by atoms with Crippen LogP contribution in [-0.4, -0.2) is 33.4 Å². The lowest BCUT2D eigenvalue weighted by Crippen LogP contribution is -2.31. The minimum Gasteiger partial charge on any atom is -0.367 e. The molecule has 12 heteroatoms. The van der Waals surface area contributed by atoms with Crippen molar-refractivity contribution in [3.05, 3.63) is 87.6 Å². The number of hydrogen-bond acceptors (Lipinski definition) is 8. The van der Waals surface area contributed by atoms with Gasteiger partial charge < -0.3 is 16.4 Å². The summed E-state index contributed by atoms with van der Waals surface area (Å²) in [6.07, 6.45) is -2.40. The van der Waals surface area contributed by atoms with Crippen LogP contribution in [0.1, 0.15) is 20.8 Å². The van der Waals surface area contributed by atoms with Crippen molar-refractivity contribution in [2.24, 2.45) is 5.73 Å². The molecule has 1 aromatic carbocycles. The Morgan fingerprint density at radius 2 is 1.84 bits per heavy atom. The number of fused-ring (bicyclic) bond motifs is 1. The highest BCUT2D eigenvalue weighted by molar-refractivity contribution is 7.17. The highest BCUT2D eigenvalue weighted by Gasteiger charge is 2.30. The molecule has 194 valence electrons. The van der Waals surface area contributed by atoms with E-state index in [1.807, 2.05) is 16.8 Å². The van der Waals surface area contributed by atoms with Gasteiger partial charge in [0.2, 0.25) is 0 Å². The van der Waals surface area contributed by atoms with Gasteiger partial charge in [0.15, 0.2) is 5.82 Å². The molecule has 5 aromatic rings. The van der Waals surface area contributed by atoms with E-state index >= 15 is 0 Å². The smallest absolute Gasteiger partial charge is 0.367 e. The Hall–Kier alpha value is -3.87. The lowest BCUT2D eigenvalue weighted by Gasteiger charge is -2.15. The van der Waals surface area contributed by atoms with Crippen LogP contribution in [0.5, 0.6) is 0 Å². The summed E-state index contributed by atoms with van der Waals surface area (Å²) in [5.41, 5.74) is 7.73. The highest BCUT2D eigenvalue weighted by Crippen LogP contribution is 2.31. The first-order valence-electron chi connectivity index (χ1n) is 11.5. The predicted molar refractivity (Wildman–Crippen MR) is 145 cm³/mol. The summed E-state index contributed by atoms with van der Waals surface area (Å²) in [5, 5.41) is 9.80. The van der Waals surface area contributed by atoms with E-state index in [1.54, 1.807) is 30.5 Å². The molecule has 0 bridgehead atoms. The summed E-state index contributed by atoms with van der Waals surface area (Å²) in [6.45, 7) is 0.350. The molecule has 4 N–H and O–H groups in total. The fourth-order valence-electron chi connectivity index (χ4n) is 3.77. The number of aromatic nitrogens is 3. The Morgan fingerprint density at radius 3 is 2.58 bits per heavy atom. The molecule has 1 unspecified atom stereocenters. The van der Waals surface area contributed by atoms with E-state index < -0.39 is 11.7 Å². The maximum Gasteiger partial charge on any atom is 0.416 e. The molecule has 0 fully saturated rings. The molecule has 1 amide bonds. The van der Waals surface area contributed by atoms with Gasteiger partial charge >= 0.3 is 6.18 Å². The number of halogens is 3.